The molecule has 5 heteroatoms. The van der Waals surface area contributed by atoms with Crippen LogP contribution < -0.4 is 0 Å². The zero-order valence-corrected chi connectivity index (χ0v) is 13.4. The maximum atomic E-state index is 12.5. The van der Waals surface area contributed by atoms with E-state index in [4.69, 9.17) is 0 Å². The number of carbonyl (C=O) groups excluding carboxylic acids is 2. The van der Waals surface area contributed by atoms with Gasteiger partial charge in [-0.1, -0.05) is 18.2 Å². The number of nitrogens with zero attached hydrogens (tertiary/aromatic N) is 3. The molecule has 122 valence electrons. The lowest BCUT2D eigenvalue weighted by molar-refractivity contribution is -0.142. The first-order chi connectivity index (χ1) is 11.2. The maximum Gasteiger partial charge on any atom is 0.228 e. The summed E-state index contributed by atoms with van der Waals surface area (Å²) < 4.78 is 0. The predicted molar refractivity (Wildman–Crippen MR) is 87.6 cm³/mol. The highest BCUT2D eigenvalue weighted by Crippen LogP contribution is 2.21. The summed E-state index contributed by atoms with van der Waals surface area (Å²) in [6, 6.07) is 5.61. The molecule has 3 rings (SSSR count). The van der Waals surface area contributed by atoms with Gasteiger partial charge in [-0.15, -0.1) is 0 Å². The lowest BCUT2D eigenvalue weighted by Gasteiger charge is -2.36. The van der Waals surface area contributed by atoms with E-state index in [0.29, 0.717) is 32.6 Å². The number of carbonyl (C=O) groups is 2. The number of allylic oxidation sites excluding steroid dienone is 2. The molecule has 23 heavy (non-hydrogen) atoms. The van der Waals surface area contributed by atoms with Gasteiger partial charge in [-0.3, -0.25) is 14.6 Å². The first kappa shape index (κ1) is 15.7. The van der Waals surface area contributed by atoms with Crippen molar-refractivity contribution in [2.45, 2.75) is 25.7 Å². The van der Waals surface area contributed by atoms with E-state index in [0.717, 1.165) is 25.0 Å². The predicted octanol–water partition coefficient (Wildman–Crippen LogP) is 1.65. The van der Waals surface area contributed by atoms with E-state index in [1.165, 1.54) is 0 Å². The Hall–Kier alpha value is -2.17. The van der Waals surface area contributed by atoms with Gasteiger partial charge in [0.15, 0.2) is 0 Å². The summed E-state index contributed by atoms with van der Waals surface area (Å²) in [5.41, 5.74) is 0.796. The third-order valence-corrected chi connectivity index (χ3v) is 4.62. The molecule has 5 nitrogen and oxygen atoms in total. The fourth-order valence-electron chi connectivity index (χ4n) is 3.22. The normalized spacial score (nSPS) is 21.3. The fraction of sp³-hybridized carbons (Fsp3) is 0.500. The van der Waals surface area contributed by atoms with Crippen LogP contribution in [0.3, 0.4) is 0 Å². The average Bonchev–Trinajstić information content (AvgIpc) is 2.63. The molecule has 0 spiro atoms. The number of pyridine rings is 1. The van der Waals surface area contributed by atoms with Crippen LogP contribution in [-0.2, 0) is 16.0 Å². The van der Waals surface area contributed by atoms with E-state index >= 15 is 0 Å². The molecule has 1 unspecified atom stereocenters. The van der Waals surface area contributed by atoms with Gasteiger partial charge in [0.1, 0.15) is 0 Å². The molecule has 0 radical (unpaired) electrons. The van der Waals surface area contributed by atoms with Crippen LogP contribution in [0.25, 0.3) is 0 Å². The molecule has 1 aromatic rings. The van der Waals surface area contributed by atoms with Crippen molar-refractivity contribution in [1.29, 1.82) is 0 Å². The van der Waals surface area contributed by atoms with Crippen LogP contribution >= 0.6 is 0 Å². The third kappa shape index (κ3) is 3.97. The molecule has 1 saturated heterocycles. The summed E-state index contributed by atoms with van der Waals surface area (Å²) in [5.74, 6) is 0.485. The topological polar surface area (TPSA) is 53.5 Å². The van der Waals surface area contributed by atoms with Gasteiger partial charge >= 0.3 is 0 Å². The van der Waals surface area contributed by atoms with Gasteiger partial charge in [-0.05, 0) is 31.4 Å². The Morgan fingerprint density at radius 3 is 2.52 bits per heavy atom. The van der Waals surface area contributed by atoms with E-state index in [1.807, 2.05) is 28.0 Å². The smallest absolute Gasteiger partial charge is 0.228 e. The van der Waals surface area contributed by atoms with Crippen molar-refractivity contribution in [3.63, 3.8) is 0 Å². The molecular formula is C18H23N3O2. The van der Waals surface area contributed by atoms with Crippen molar-refractivity contribution in [3.8, 4) is 0 Å². The molecule has 1 aliphatic carbocycles. The van der Waals surface area contributed by atoms with Gasteiger partial charge in [0, 0.05) is 44.0 Å². The molecule has 2 heterocycles. The van der Waals surface area contributed by atoms with Gasteiger partial charge in [-0.2, -0.15) is 0 Å². The molecule has 0 saturated carbocycles. The van der Waals surface area contributed by atoms with Gasteiger partial charge < -0.3 is 9.80 Å². The van der Waals surface area contributed by atoms with Gasteiger partial charge in [0.25, 0.3) is 0 Å². The molecular weight excluding hydrogens is 290 g/mol. The van der Waals surface area contributed by atoms with Crippen molar-refractivity contribution in [2.24, 2.45) is 5.92 Å². The van der Waals surface area contributed by atoms with E-state index < -0.39 is 0 Å². The number of aromatic nitrogens is 1. The second kappa shape index (κ2) is 7.40. The number of hydrogen-bond donors (Lipinski definition) is 0. The van der Waals surface area contributed by atoms with E-state index in [1.54, 1.807) is 6.20 Å². The minimum absolute atomic E-state index is 0.0939. The molecule has 0 N–H and O–H groups in total. The van der Waals surface area contributed by atoms with Crippen LogP contribution in [-0.4, -0.2) is 52.8 Å². The van der Waals surface area contributed by atoms with Gasteiger partial charge in [-0.25, -0.2) is 0 Å². The molecule has 1 aromatic heterocycles. The van der Waals surface area contributed by atoms with Gasteiger partial charge in [0.2, 0.25) is 11.8 Å². The molecule has 0 bridgehead atoms. The Balaban J connectivity index is 1.49. The van der Waals surface area contributed by atoms with Crippen molar-refractivity contribution >= 4 is 11.8 Å². The first-order valence-corrected chi connectivity index (χ1v) is 8.35. The highest BCUT2D eigenvalue weighted by Gasteiger charge is 2.28. The van der Waals surface area contributed by atoms with Crippen LogP contribution in [0.15, 0.2) is 36.5 Å². The summed E-state index contributed by atoms with van der Waals surface area (Å²) in [5, 5.41) is 0. The second-order valence-corrected chi connectivity index (χ2v) is 6.19. The Labute approximate surface area is 137 Å². The van der Waals surface area contributed by atoms with Crippen LogP contribution in [0.4, 0.5) is 0 Å². The molecule has 2 aliphatic rings. The zero-order chi connectivity index (χ0) is 16.1. The van der Waals surface area contributed by atoms with Crippen molar-refractivity contribution in [1.82, 2.24) is 14.8 Å². The van der Waals surface area contributed by atoms with Crippen molar-refractivity contribution in [2.75, 3.05) is 26.2 Å². The van der Waals surface area contributed by atoms with Crippen molar-refractivity contribution < 1.29 is 9.59 Å². The highest BCUT2D eigenvalue weighted by atomic mass is 16.2. The largest absolute Gasteiger partial charge is 0.339 e. The number of piperazine rings is 1. The summed E-state index contributed by atoms with van der Waals surface area (Å²) >= 11 is 0. The molecule has 1 fully saturated rings. The molecule has 1 atom stereocenters. The summed E-state index contributed by atoms with van der Waals surface area (Å²) in [6.07, 6.45) is 9.11. The quantitative estimate of drug-likeness (QED) is 0.797. The number of hydrogen-bond acceptors (Lipinski definition) is 3. The highest BCUT2D eigenvalue weighted by molar-refractivity contribution is 5.81. The minimum Gasteiger partial charge on any atom is -0.339 e. The van der Waals surface area contributed by atoms with Crippen LogP contribution in [0.1, 0.15) is 25.0 Å². The fourth-order valence-corrected chi connectivity index (χ4v) is 3.22. The van der Waals surface area contributed by atoms with E-state index in [9.17, 15) is 9.59 Å². The molecule has 0 aromatic carbocycles. The van der Waals surface area contributed by atoms with Crippen LogP contribution in [0.5, 0.6) is 0 Å². The Kier molecular flexibility index (Phi) is 5.05. The van der Waals surface area contributed by atoms with Crippen molar-refractivity contribution in [3.05, 3.63) is 42.2 Å². The Morgan fingerprint density at radius 2 is 1.87 bits per heavy atom. The first-order valence-electron chi connectivity index (χ1n) is 8.35. The zero-order valence-electron chi connectivity index (χ0n) is 13.4. The SMILES string of the molecule is O=C(Cc1ccccn1)N1CCN(C(=O)C2CC=CCC2)CC1. The number of rotatable bonds is 3. The maximum absolute atomic E-state index is 12.5. The number of amides is 2. The average molecular weight is 313 g/mol. The lowest BCUT2D eigenvalue weighted by atomic mass is 9.93. The molecule has 2 amide bonds. The van der Waals surface area contributed by atoms with Gasteiger partial charge in [0.05, 0.1) is 6.42 Å². The van der Waals surface area contributed by atoms with E-state index in [2.05, 4.69) is 17.1 Å². The monoisotopic (exact) mass is 313 g/mol. The lowest BCUT2D eigenvalue weighted by Crippen LogP contribution is -2.52. The standard InChI is InChI=1S/C18H23N3O2/c22-17(14-16-8-4-5-9-19-16)20-10-12-21(13-11-20)18(23)15-6-2-1-3-7-15/h1-2,4-5,8-9,15H,3,6-7,10-14H2. The van der Waals surface area contributed by atoms with Crippen LogP contribution in [0.2, 0.25) is 0 Å². The minimum atomic E-state index is 0.0939. The molecule has 1 aliphatic heterocycles. The summed E-state index contributed by atoms with van der Waals surface area (Å²) in [7, 11) is 0. The Bertz CT molecular complexity index is 577. The van der Waals surface area contributed by atoms with E-state index in [-0.39, 0.29) is 17.7 Å². The summed E-state index contributed by atoms with van der Waals surface area (Å²) in [4.78, 5) is 32.8. The summed E-state index contributed by atoms with van der Waals surface area (Å²) in [6.45, 7) is 2.54. The third-order valence-electron chi connectivity index (χ3n) is 4.62. The Morgan fingerprint density at radius 1 is 1.09 bits per heavy atom. The van der Waals surface area contributed by atoms with Crippen LogP contribution in [0, 0.1) is 5.92 Å². The second-order valence-electron chi connectivity index (χ2n) is 6.19.